The van der Waals surface area contributed by atoms with Crippen LogP contribution in [0.2, 0.25) is 12.6 Å². The van der Waals surface area contributed by atoms with Gasteiger partial charge in [0.15, 0.2) is 0 Å². The summed E-state index contributed by atoms with van der Waals surface area (Å²) < 4.78 is 6.52. The number of H-pyrrole nitrogens is 1. The summed E-state index contributed by atoms with van der Waals surface area (Å²) in [7, 11) is 3.88. The lowest BCUT2D eigenvalue weighted by molar-refractivity contribution is -0.170. The number of aliphatic hydroxyl groups is 2. The number of para-hydroxylation sites is 1. The van der Waals surface area contributed by atoms with Gasteiger partial charge in [-0.2, -0.15) is 0 Å². The van der Waals surface area contributed by atoms with Crippen LogP contribution in [0.5, 0.6) is 5.75 Å². The van der Waals surface area contributed by atoms with Crippen LogP contribution in [0.15, 0.2) is 48.6 Å². The first-order valence-electron chi connectivity index (χ1n) is 22.2. The Morgan fingerprint density at radius 3 is 2.65 bits per heavy atom. The summed E-state index contributed by atoms with van der Waals surface area (Å²) in [4.78, 5) is 26.5. The van der Waals surface area contributed by atoms with E-state index in [-0.39, 0.29) is 33.4 Å². The molecule has 57 heavy (non-hydrogen) atoms. The van der Waals surface area contributed by atoms with Crippen molar-refractivity contribution in [2.75, 3.05) is 58.3 Å². The van der Waals surface area contributed by atoms with Gasteiger partial charge in [0.25, 0.3) is 0 Å². The average Bonchev–Trinajstić information content (AvgIpc) is 3.87. The zero-order chi connectivity index (χ0) is 40.1. The largest absolute Gasteiger partial charge is 0.496 e. The number of carbonyl (C=O) groups excluding carboxylic acids is 1. The van der Waals surface area contributed by atoms with Crippen LogP contribution in [0.4, 0.5) is 5.69 Å². The minimum Gasteiger partial charge on any atom is -0.496 e. The van der Waals surface area contributed by atoms with Crippen molar-refractivity contribution in [2.24, 2.45) is 16.7 Å². The number of ether oxygens (including phenoxy) is 1. The topological polar surface area (TPSA) is 104 Å². The number of methoxy groups -OCH3 is 1. The minimum atomic E-state index is -1.07. The average molecular weight is 794 g/mol. The fraction of sp³-hybridized carbons (Fsp3) is 0.638. The second-order valence-electron chi connectivity index (χ2n) is 19.5. The summed E-state index contributed by atoms with van der Waals surface area (Å²) in [6.45, 7) is 16.2. The molecule has 6 aliphatic rings. The van der Waals surface area contributed by atoms with E-state index >= 15 is 0 Å². The van der Waals surface area contributed by atoms with Crippen molar-refractivity contribution >= 4 is 32.0 Å². The van der Waals surface area contributed by atoms with Gasteiger partial charge in [-0.15, -0.1) is 0 Å². The molecule has 6 heterocycles. The smallest absolute Gasteiger partial charge is 0.230 e. The van der Waals surface area contributed by atoms with Crippen molar-refractivity contribution in [1.29, 1.82) is 0 Å². The number of nitrogens with one attached hydrogen (secondary N) is 2. The molecule has 0 radical (unpaired) electrons. The quantitative estimate of drug-likeness (QED) is 0.129. The number of hydrogen-bond donors (Lipinski definition) is 4. The number of piperidine rings is 1. The van der Waals surface area contributed by atoms with Crippen LogP contribution >= 0.6 is 0 Å². The van der Waals surface area contributed by atoms with Gasteiger partial charge in [0.05, 0.1) is 30.3 Å². The zero-order valence-corrected chi connectivity index (χ0v) is 37.0. The van der Waals surface area contributed by atoms with Gasteiger partial charge in [0.1, 0.15) is 5.75 Å². The maximum absolute atomic E-state index is 15.0. The van der Waals surface area contributed by atoms with Crippen LogP contribution < -0.4 is 15.0 Å². The molecule has 10 heteroatoms. The molecule has 1 amide bonds. The number of nitrogens with zero attached hydrogens (tertiary/aromatic N) is 3. The SMILES string of the molecule is CC[C@]1(O)C[C@H]2CN(CCc3c([nH]c4ccccc34)[C@@](C)(c3cc4c(cc3OC)N(C)[C@H]3[C@@](C)(C(=O)NCCC[SiH2]C)[C@H](O)[C@]5(CC)C=CCN6CC[C@]43[C@@H]65)C2)C1. The Labute approximate surface area is 342 Å². The highest BCUT2D eigenvalue weighted by atomic mass is 28.2. The van der Waals surface area contributed by atoms with Gasteiger partial charge in [-0.1, -0.05) is 56.8 Å². The highest BCUT2D eigenvalue weighted by Gasteiger charge is 2.77. The molecule has 2 saturated heterocycles. The van der Waals surface area contributed by atoms with Gasteiger partial charge in [0, 0.05) is 105 Å². The Bertz CT molecular complexity index is 2090. The van der Waals surface area contributed by atoms with Gasteiger partial charge >= 0.3 is 0 Å². The number of anilines is 1. The monoisotopic (exact) mass is 793 g/mol. The number of hydrogen-bond acceptors (Lipinski definition) is 7. The molecule has 10 atom stereocenters. The van der Waals surface area contributed by atoms with Gasteiger partial charge in [-0.05, 0) is 94.5 Å². The molecule has 1 aliphatic carbocycles. The molecular weight excluding hydrogens is 727 g/mol. The number of aromatic amines is 1. The summed E-state index contributed by atoms with van der Waals surface area (Å²) in [6.07, 6.45) is 9.65. The molecule has 9 nitrogen and oxygen atoms in total. The van der Waals surface area contributed by atoms with E-state index in [1.807, 2.05) is 0 Å². The number of likely N-dealkylation sites (N-methyl/N-ethyl adjacent to an activating group) is 1. The van der Waals surface area contributed by atoms with E-state index in [4.69, 9.17) is 4.74 Å². The first-order chi connectivity index (χ1) is 27.3. The third kappa shape index (κ3) is 5.41. The zero-order valence-electron chi connectivity index (χ0n) is 35.6. The fourth-order valence-electron chi connectivity index (χ4n) is 14.1. The van der Waals surface area contributed by atoms with E-state index in [9.17, 15) is 15.0 Å². The van der Waals surface area contributed by atoms with Crippen molar-refractivity contribution < 1.29 is 19.7 Å². The third-order valence-corrected chi connectivity index (χ3v) is 17.7. The van der Waals surface area contributed by atoms with Crippen LogP contribution in [-0.2, 0) is 22.0 Å². The summed E-state index contributed by atoms with van der Waals surface area (Å²) in [5.74, 6) is 1.11. The minimum absolute atomic E-state index is 0.0242. The molecule has 1 aromatic heterocycles. The predicted molar refractivity (Wildman–Crippen MR) is 233 cm³/mol. The van der Waals surface area contributed by atoms with Crippen LogP contribution in [0.1, 0.15) is 88.6 Å². The maximum atomic E-state index is 15.0. The van der Waals surface area contributed by atoms with Crippen molar-refractivity contribution in [3.8, 4) is 5.75 Å². The summed E-state index contributed by atoms with van der Waals surface area (Å²) in [5, 5.41) is 29.5. The number of aromatic nitrogens is 1. The predicted octanol–water partition coefficient (Wildman–Crippen LogP) is 5.51. The molecule has 4 N–H and O–H groups in total. The summed E-state index contributed by atoms with van der Waals surface area (Å²) in [5.41, 5.74) is 4.11. The number of carbonyl (C=O) groups is 1. The molecule has 1 unspecified atom stereocenters. The molecule has 2 bridgehead atoms. The van der Waals surface area contributed by atoms with Crippen LogP contribution in [-0.4, -0.2) is 118 Å². The van der Waals surface area contributed by atoms with E-state index < -0.39 is 33.4 Å². The van der Waals surface area contributed by atoms with Crippen molar-refractivity contribution in [1.82, 2.24) is 20.1 Å². The summed E-state index contributed by atoms with van der Waals surface area (Å²) >= 11 is 0. The molecule has 5 aliphatic heterocycles. The second kappa shape index (κ2) is 14.0. The number of aliphatic hydroxyl groups excluding tert-OH is 1. The standard InChI is InChI=1S/C47H67N5O4Si/c1-8-45(55)27-30-26-43(3,38-32(16-21-51(28-30)29-45)31-14-10-11-15-35(31)49-38)34-24-33-36(25-37(34)56-6)50(5)39-44(4,42(54)48-19-13-23-57-7)41(53)46(9-2)17-12-20-52-22-18-47(33,39)40(46)52/h10-12,14-15,17,24-25,30,39-41,49,53,55H,8-9,13,16,18-23,26-29,57H2,1-7H3,(H,48,54)/t30-,39-,40-,41-,43+,44+,45-,46+,47-/m0/s1. The number of benzene rings is 2. The molecule has 2 aromatic carbocycles. The molecular formula is C47H67N5O4Si. The Morgan fingerprint density at radius 1 is 1.09 bits per heavy atom. The highest BCUT2D eigenvalue weighted by Crippen LogP contribution is 2.69. The van der Waals surface area contributed by atoms with E-state index in [0.29, 0.717) is 6.54 Å². The lowest BCUT2D eigenvalue weighted by Crippen LogP contribution is -2.77. The van der Waals surface area contributed by atoms with Crippen molar-refractivity contribution in [3.05, 3.63) is 70.9 Å². The van der Waals surface area contributed by atoms with Gasteiger partial charge in [0.2, 0.25) is 5.91 Å². The summed E-state index contributed by atoms with van der Waals surface area (Å²) in [6, 6.07) is 14.5. The van der Waals surface area contributed by atoms with Crippen LogP contribution in [0, 0.1) is 16.7 Å². The molecule has 308 valence electrons. The number of rotatable bonds is 9. The third-order valence-electron chi connectivity index (χ3n) is 16.5. The van der Waals surface area contributed by atoms with Crippen molar-refractivity contribution in [3.63, 3.8) is 0 Å². The van der Waals surface area contributed by atoms with E-state index in [2.05, 4.69) is 115 Å². The van der Waals surface area contributed by atoms with E-state index in [0.717, 1.165) is 94.6 Å². The molecule has 1 saturated carbocycles. The molecule has 9 rings (SSSR count). The maximum Gasteiger partial charge on any atom is 0.230 e. The van der Waals surface area contributed by atoms with Crippen LogP contribution in [0.25, 0.3) is 10.9 Å². The molecule has 1 spiro atoms. The Balaban J connectivity index is 1.27. The Morgan fingerprint density at radius 2 is 1.89 bits per heavy atom. The normalized spacial score (nSPS) is 38.3. The van der Waals surface area contributed by atoms with Gasteiger partial charge in [-0.3, -0.25) is 14.6 Å². The Hall–Kier alpha value is -3.15. The lowest BCUT2D eigenvalue weighted by atomic mass is 9.44. The van der Waals surface area contributed by atoms with Crippen LogP contribution in [0.3, 0.4) is 0 Å². The fourth-order valence-corrected chi connectivity index (χ4v) is 14.8. The first-order valence-corrected chi connectivity index (χ1v) is 24.6. The number of fused-ring (bicyclic) bond motifs is 6. The molecule has 3 aromatic rings. The van der Waals surface area contributed by atoms with Crippen molar-refractivity contribution in [2.45, 2.75) is 120 Å². The Kier molecular flexibility index (Phi) is 9.63. The van der Waals surface area contributed by atoms with Gasteiger partial charge < -0.3 is 30.2 Å². The highest BCUT2D eigenvalue weighted by molar-refractivity contribution is 6.33. The van der Waals surface area contributed by atoms with E-state index in [1.165, 1.54) is 33.8 Å². The lowest BCUT2D eigenvalue weighted by Gasteiger charge is -2.64. The second-order valence-corrected chi connectivity index (χ2v) is 21.2. The van der Waals surface area contributed by atoms with E-state index in [1.54, 1.807) is 7.11 Å². The van der Waals surface area contributed by atoms with Gasteiger partial charge in [-0.25, -0.2) is 0 Å². The number of amides is 1. The molecule has 3 fully saturated rings. The first kappa shape index (κ1) is 39.3.